The standard InChI is InChI=1S/C12H15NO2/c1-8-5-6-10(11(14)7-8)13-12(15)9-3-2-4-9/h5-7,9,14H,2-4H2,1H3,(H,13,15). The average molecular weight is 205 g/mol. The molecule has 0 spiro atoms. The molecular formula is C12H15NO2. The van der Waals surface area contributed by atoms with Crippen LogP contribution in [-0.2, 0) is 4.79 Å². The third-order valence-corrected chi connectivity index (χ3v) is 2.89. The van der Waals surface area contributed by atoms with Crippen LogP contribution in [0.2, 0.25) is 0 Å². The fraction of sp³-hybridized carbons (Fsp3) is 0.417. The summed E-state index contributed by atoms with van der Waals surface area (Å²) in [5.74, 6) is 0.314. The number of benzene rings is 1. The number of nitrogens with one attached hydrogen (secondary N) is 1. The number of hydrogen-bond donors (Lipinski definition) is 2. The Hall–Kier alpha value is -1.51. The molecule has 3 heteroatoms. The van der Waals surface area contributed by atoms with Gasteiger partial charge in [-0.25, -0.2) is 0 Å². The van der Waals surface area contributed by atoms with Crippen molar-refractivity contribution in [2.45, 2.75) is 26.2 Å². The second-order valence-electron chi connectivity index (χ2n) is 4.14. The predicted molar refractivity (Wildman–Crippen MR) is 58.8 cm³/mol. The number of aryl methyl sites for hydroxylation is 1. The van der Waals surface area contributed by atoms with E-state index in [0.29, 0.717) is 5.69 Å². The number of rotatable bonds is 2. The van der Waals surface area contributed by atoms with E-state index in [1.165, 1.54) is 0 Å². The number of carbonyl (C=O) groups excluding carboxylic acids is 1. The molecule has 2 N–H and O–H groups in total. The lowest BCUT2D eigenvalue weighted by molar-refractivity contribution is -0.122. The molecule has 3 nitrogen and oxygen atoms in total. The maximum Gasteiger partial charge on any atom is 0.227 e. The van der Waals surface area contributed by atoms with Gasteiger partial charge < -0.3 is 10.4 Å². The molecule has 0 unspecified atom stereocenters. The Kier molecular flexibility index (Phi) is 2.62. The van der Waals surface area contributed by atoms with Gasteiger partial charge in [0.25, 0.3) is 0 Å². The van der Waals surface area contributed by atoms with Crippen molar-refractivity contribution in [3.05, 3.63) is 23.8 Å². The van der Waals surface area contributed by atoms with E-state index in [1.807, 2.05) is 13.0 Å². The SMILES string of the molecule is Cc1ccc(NC(=O)C2CCC2)c(O)c1. The van der Waals surface area contributed by atoms with Crippen molar-refractivity contribution >= 4 is 11.6 Å². The van der Waals surface area contributed by atoms with Gasteiger partial charge in [0.05, 0.1) is 5.69 Å². The van der Waals surface area contributed by atoms with Gasteiger partial charge in [-0.15, -0.1) is 0 Å². The molecule has 1 amide bonds. The Morgan fingerprint density at radius 2 is 2.20 bits per heavy atom. The smallest absolute Gasteiger partial charge is 0.227 e. The summed E-state index contributed by atoms with van der Waals surface area (Å²) in [5.41, 5.74) is 1.49. The van der Waals surface area contributed by atoms with Gasteiger partial charge in [-0.2, -0.15) is 0 Å². The number of aromatic hydroxyl groups is 1. The summed E-state index contributed by atoms with van der Waals surface area (Å²) >= 11 is 0. The molecule has 1 aromatic rings. The lowest BCUT2D eigenvalue weighted by Gasteiger charge is -2.24. The fourth-order valence-corrected chi connectivity index (χ4v) is 1.65. The first-order chi connectivity index (χ1) is 7.16. The van der Waals surface area contributed by atoms with Crippen LogP contribution in [-0.4, -0.2) is 11.0 Å². The number of carbonyl (C=O) groups is 1. The Morgan fingerprint density at radius 3 is 2.73 bits per heavy atom. The van der Waals surface area contributed by atoms with E-state index in [9.17, 15) is 9.90 Å². The van der Waals surface area contributed by atoms with Gasteiger partial charge in [0.15, 0.2) is 0 Å². The minimum absolute atomic E-state index is 0.0282. The van der Waals surface area contributed by atoms with Crippen LogP contribution in [0.15, 0.2) is 18.2 Å². The highest BCUT2D eigenvalue weighted by Gasteiger charge is 2.25. The lowest BCUT2D eigenvalue weighted by atomic mass is 9.85. The van der Waals surface area contributed by atoms with Crippen molar-refractivity contribution in [1.29, 1.82) is 0 Å². The van der Waals surface area contributed by atoms with E-state index in [4.69, 9.17) is 0 Å². The molecule has 15 heavy (non-hydrogen) atoms. The molecule has 0 radical (unpaired) electrons. The number of phenolic OH excluding ortho intramolecular Hbond substituents is 1. The molecule has 1 fully saturated rings. The van der Waals surface area contributed by atoms with Crippen LogP contribution in [0.25, 0.3) is 0 Å². The van der Waals surface area contributed by atoms with E-state index >= 15 is 0 Å². The Bertz CT molecular complexity index is 383. The number of amides is 1. The zero-order valence-electron chi connectivity index (χ0n) is 8.79. The van der Waals surface area contributed by atoms with Gasteiger partial charge in [0.2, 0.25) is 5.91 Å². The number of anilines is 1. The molecule has 1 aliphatic carbocycles. The van der Waals surface area contributed by atoms with E-state index in [1.54, 1.807) is 12.1 Å². The van der Waals surface area contributed by atoms with Crippen LogP contribution in [0.4, 0.5) is 5.69 Å². The molecule has 80 valence electrons. The summed E-state index contributed by atoms with van der Waals surface area (Å²) in [6.45, 7) is 1.90. The third kappa shape index (κ3) is 2.12. The Labute approximate surface area is 89.1 Å². The lowest BCUT2D eigenvalue weighted by Crippen LogP contribution is -2.28. The molecular weight excluding hydrogens is 190 g/mol. The summed E-state index contributed by atoms with van der Waals surface area (Å²) in [5, 5.41) is 12.3. The highest BCUT2D eigenvalue weighted by molar-refractivity contribution is 5.94. The van der Waals surface area contributed by atoms with Crippen molar-refractivity contribution in [2.75, 3.05) is 5.32 Å². The molecule has 0 saturated heterocycles. The monoisotopic (exact) mass is 205 g/mol. The van der Waals surface area contributed by atoms with Crippen molar-refractivity contribution in [3.8, 4) is 5.75 Å². The summed E-state index contributed by atoms with van der Waals surface area (Å²) in [6.07, 6.45) is 3.08. The molecule has 0 aliphatic heterocycles. The molecule has 0 bridgehead atoms. The largest absolute Gasteiger partial charge is 0.506 e. The van der Waals surface area contributed by atoms with Gasteiger partial charge in [-0.3, -0.25) is 4.79 Å². The van der Waals surface area contributed by atoms with E-state index in [-0.39, 0.29) is 17.6 Å². The summed E-state index contributed by atoms with van der Waals surface area (Å²) in [4.78, 5) is 11.6. The second kappa shape index (κ2) is 3.93. The summed E-state index contributed by atoms with van der Waals surface area (Å²) in [6, 6.07) is 5.26. The van der Waals surface area contributed by atoms with Crippen LogP contribution in [0.5, 0.6) is 5.75 Å². The zero-order valence-corrected chi connectivity index (χ0v) is 8.79. The van der Waals surface area contributed by atoms with Crippen LogP contribution < -0.4 is 5.32 Å². The molecule has 1 aliphatic rings. The van der Waals surface area contributed by atoms with Gasteiger partial charge in [-0.1, -0.05) is 12.5 Å². The topological polar surface area (TPSA) is 49.3 Å². The molecule has 0 atom stereocenters. The first kappa shape index (κ1) is 10.0. The normalized spacial score (nSPS) is 15.8. The quantitative estimate of drug-likeness (QED) is 0.728. The fourth-order valence-electron chi connectivity index (χ4n) is 1.65. The van der Waals surface area contributed by atoms with E-state index < -0.39 is 0 Å². The highest BCUT2D eigenvalue weighted by Crippen LogP contribution is 2.30. The summed E-state index contributed by atoms with van der Waals surface area (Å²) < 4.78 is 0. The van der Waals surface area contributed by atoms with Crippen molar-refractivity contribution in [3.63, 3.8) is 0 Å². The first-order valence-electron chi connectivity index (χ1n) is 5.27. The minimum Gasteiger partial charge on any atom is -0.506 e. The van der Waals surface area contributed by atoms with Crippen molar-refractivity contribution in [2.24, 2.45) is 5.92 Å². The van der Waals surface area contributed by atoms with Crippen molar-refractivity contribution in [1.82, 2.24) is 0 Å². The van der Waals surface area contributed by atoms with E-state index in [2.05, 4.69) is 5.32 Å². The molecule has 1 aromatic carbocycles. The third-order valence-electron chi connectivity index (χ3n) is 2.89. The molecule has 1 saturated carbocycles. The molecule has 2 rings (SSSR count). The van der Waals surface area contributed by atoms with Crippen LogP contribution in [0.3, 0.4) is 0 Å². The van der Waals surface area contributed by atoms with Crippen molar-refractivity contribution < 1.29 is 9.90 Å². The van der Waals surface area contributed by atoms with Crippen LogP contribution in [0.1, 0.15) is 24.8 Å². The average Bonchev–Trinajstić information content (AvgIpc) is 2.07. The second-order valence-corrected chi connectivity index (χ2v) is 4.14. The van der Waals surface area contributed by atoms with Gasteiger partial charge >= 0.3 is 0 Å². The summed E-state index contributed by atoms with van der Waals surface area (Å²) in [7, 11) is 0. The Balaban J connectivity index is 2.06. The predicted octanol–water partition coefficient (Wildman–Crippen LogP) is 2.44. The maximum absolute atomic E-state index is 11.6. The number of phenols is 1. The molecule has 0 aromatic heterocycles. The zero-order chi connectivity index (χ0) is 10.8. The van der Waals surface area contributed by atoms with Gasteiger partial charge in [-0.05, 0) is 37.5 Å². The van der Waals surface area contributed by atoms with Gasteiger partial charge in [0.1, 0.15) is 5.75 Å². The van der Waals surface area contributed by atoms with Crippen LogP contribution in [0, 0.1) is 12.8 Å². The first-order valence-corrected chi connectivity index (χ1v) is 5.27. The van der Waals surface area contributed by atoms with Crippen LogP contribution >= 0.6 is 0 Å². The highest BCUT2D eigenvalue weighted by atomic mass is 16.3. The van der Waals surface area contributed by atoms with Gasteiger partial charge in [0, 0.05) is 5.92 Å². The Morgan fingerprint density at radius 1 is 1.47 bits per heavy atom. The number of hydrogen-bond acceptors (Lipinski definition) is 2. The minimum atomic E-state index is 0.0282. The van der Waals surface area contributed by atoms with E-state index in [0.717, 1.165) is 24.8 Å². The molecule has 0 heterocycles. The maximum atomic E-state index is 11.6.